The molecule has 1 unspecified atom stereocenters. The van der Waals surface area contributed by atoms with Crippen LogP contribution in [0.3, 0.4) is 0 Å². The SMILES string of the molecule is CN1CC[C@]23c4c5ccc(O)c4O[C@H]2[C@@]2(C)C=C[C@@]3(C(C#N)S2)[C@H]1C5. The summed E-state index contributed by atoms with van der Waals surface area (Å²) in [6.45, 7) is 3.21. The highest BCUT2D eigenvalue weighted by Crippen LogP contribution is 2.75. The Labute approximate surface area is 151 Å². The number of phenolic OH excluding ortho intramolecular Hbond substituents is 1. The van der Waals surface area contributed by atoms with Gasteiger partial charge in [-0.25, -0.2) is 0 Å². The van der Waals surface area contributed by atoms with E-state index in [2.05, 4.69) is 43.2 Å². The van der Waals surface area contributed by atoms with Gasteiger partial charge in [0.15, 0.2) is 11.5 Å². The van der Waals surface area contributed by atoms with Crippen molar-refractivity contribution in [3.8, 4) is 17.6 Å². The van der Waals surface area contributed by atoms with Gasteiger partial charge in [-0.1, -0.05) is 18.2 Å². The molecule has 2 aliphatic carbocycles. The van der Waals surface area contributed by atoms with Gasteiger partial charge in [0, 0.05) is 17.0 Å². The molecule has 7 rings (SSSR count). The third-order valence-corrected chi connectivity index (χ3v) is 9.20. The van der Waals surface area contributed by atoms with Crippen molar-refractivity contribution in [2.75, 3.05) is 13.6 Å². The van der Waals surface area contributed by atoms with Gasteiger partial charge < -0.3 is 14.7 Å². The van der Waals surface area contributed by atoms with Gasteiger partial charge in [0.05, 0.1) is 16.2 Å². The molecular weight excluding hydrogens is 332 g/mol. The topological polar surface area (TPSA) is 56.5 Å². The van der Waals surface area contributed by atoms with Crippen molar-refractivity contribution in [3.05, 3.63) is 35.4 Å². The van der Waals surface area contributed by atoms with Crippen LogP contribution in [0.2, 0.25) is 0 Å². The molecule has 4 nitrogen and oxygen atoms in total. The molecule has 6 aliphatic rings. The number of likely N-dealkylation sites (tertiary alicyclic amines) is 1. The maximum Gasteiger partial charge on any atom is 0.165 e. The highest BCUT2D eigenvalue weighted by atomic mass is 32.2. The van der Waals surface area contributed by atoms with E-state index in [9.17, 15) is 10.4 Å². The Morgan fingerprint density at radius 2 is 2.24 bits per heavy atom. The van der Waals surface area contributed by atoms with E-state index >= 15 is 0 Å². The summed E-state index contributed by atoms with van der Waals surface area (Å²) >= 11 is 1.76. The largest absolute Gasteiger partial charge is 0.504 e. The predicted octanol–water partition coefficient (Wildman–Crippen LogP) is 2.61. The smallest absolute Gasteiger partial charge is 0.165 e. The van der Waals surface area contributed by atoms with Crippen molar-refractivity contribution in [2.24, 2.45) is 5.41 Å². The fraction of sp³-hybridized carbons (Fsp3) is 0.550. The Morgan fingerprint density at radius 1 is 1.40 bits per heavy atom. The second kappa shape index (κ2) is 4.02. The Bertz CT molecular complexity index is 908. The van der Waals surface area contributed by atoms with Crippen molar-refractivity contribution < 1.29 is 9.84 Å². The first kappa shape index (κ1) is 14.5. The summed E-state index contributed by atoms with van der Waals surface area (Å²) in [5.74, 6) is 0.931. The first-order valence-electron chi connectivity index (χ1n) is 8.98. The summed E-state index contributed by atoms with van der Waals surface area (Å²) in [5, 5.41) is 20.5. The summed E-state index contributed by atoms with van der Waals surface area (Å²) < 4.78 is 6.29. The lowest BCUT2D eigenvalue weighted by Crippen LogP contribution is -2.78. The molecule has 25 heavy (non-hydrogen) atoms. The molecule has 1 aromatic carbocycles. The standard InChI is InChI=1S/C20H20N2O2S/c1-18-5-6-19(14(10-21)25-18)13-9-11-3-4-12(23)16-15(11)20(19,17(18)24-16)7-8-22(13)2/h3-6,13-14,17,23H,7-9H2,1-2H3/t13-,14?,17+,18-,19+,20+/m1/s1. The van der Waals surface area contributed by atoms with Gasteiger partial charge >= 0.3 is 0 Å². The van der Waals surface area contributed by atoms with E-state index in [-0.39, 0.29) is 32.7 Å². The zero-order valence-corrected chi connectivity index (χ0v) is 15.1. The summed E-state index contributed by atoms with van der Waals surface area (Å²) in [6.07, 6.45) is 6.52. The minimum atomic E-state index is -0.242. The van der Waals surface area contributed by atoms with E-state index in [0.29, 0.717) is 11.8 Å². The second-order valence-electron chi connectivity index (χ2n) is 8.44. The maximum absolute atomic E-state index is 10.5. The summed E-state index contributed by atoms with van der Waals surface area (Å²) in [4.78, 5) is 2.44. The van der Waals surface area contributed by atoms with Crippen molar-refractivity contribution in [3.63, 3.8) is 0 Å². The highest BCUT2D eigenvalue weighted by Gasteiger charge is 2.79. The quantitative estimate of drug-likeness (QED) is 0.728. The van der Waals surface area contributed by atoms with E-state index in [1.807, 2.05) is 0 Å². The molecule has 4 bridgehead atoms. The number of nitriles is 1. The third-order valence-electron chi connectivity index (χ3n) is 7.61. The first-order chi connectivity index (χ1) is 12.0. The van der Waals surface area contributed by atoms with Crippen LogP contribution in [0, 0.1) is 16.7 Å². The fourth-order valence-electron chi connectivity index (χ4n) is 6.70. The number of fused-ring (bicyclic) bond motifs is 1. The average Bonchev–Trinajstić information content (AvgIpc) is 2.97. The number of aromatic hydroxyl groups is 1. The molecule has 0 radical (unpaired) electrons. The van der Waals surface area contributed by atoms with Gasteiger partial charge in [-0.2, -0.15) is 5.26 Å². The van der Waals surface area contributed by atoms with E-state index in [4.69, 9.17) is 4.74 Å². The number of nitrogens with zero attached hydrogens (tertiary/aromatic N) is 2. The zero-order chi connectivity index (χ0) is 17.2. The van der Waals surface area contributed by atoms with Crippen LogP contribution in [-0.4, -0.2) is 45.7 Å². The Morgan fingerprint density at radius 3 is 3.04 bits per heavy atom. The average molecular weight is 352 g/mol. The van der Waals surface area contributed by atoms with Gasteiger partial charge in [-0.3, -0.25) is 0 Å². The molecule has 4 heterocycles. The van der Waals surface area contributed by atoms with E-state index in [1.165, 1.54) is 11.1 Å². The highest BCUT2D eigenvalue weighted by molar-refractivity contribution is 8.01. The Balaban J connectivity index is 1.78. The Kier molecular flexibility index (Phi) is 2.34. The molecule has 0 saturated carbocycles. The first-order valence-corrected chi connectivity index (χ1v) is 9.86. The normalized spacial score (nSPS) is 48.0. The van der Waals surface area contributed by atoms with Crippen LogP contribution < -0.4 is 4.74 Å². The molecule has 1 aromatic rings. The number of ether oxygens (including phenoxy) is 1. The Hall–Kier alpha value is -1.64. The van der Waals surface area contributed by atoms with Crippen LogP contribution >= 0.6 is 11.8 Å². The number of likely N-dealkylation sites (N-methyl/N-ethyl adjacent to an activating group) is 1. The third kappa shape index (κ3) is 1.24. The lowest BCUT2D eigenvalue weighted by molar-refractivity contribution is -0.0761. The number of hydrogen-bond acceptors (Lipinski definition) is 5. The minimum absolute atomic E-state index is 0.0156. The van der Waals surface area contributed by atoms with Crippen LogP contribution in [0.1, 0.15) is 24.5 Å². The molecular formula is C20H20N2O2S. The van der Waals surface area contributed by atoms with Gasteiger partial charge in [-0.15, -0.1) is 11.8 Å². The number of thioether (sulfide) groups is 1. The molecule has 4 aliphatic heterocycles. The van der Waals surface area contributed by atoms with E-state index < -0.39 is 0 Å². The van der Waals surface area contributed by atoms with Crippen LogP contribution in [0.5, 0.6) is 11.5 Å². The van der Waals surface area contributed by atoms with E-state index in [1.54, 1.807) is 17.8 Å². The summed E-state index contributed by atoms with van der Waals surface area (Å²) in [7, 11) is 2.19. The van der Waals surface area contributed by atoms with Crippen molar-refractivity contribution >= 4 is 11.8 Å². The molecule has 5 heteroatoms. The van der Waals surface area contributed by atoms with Crippen LogP contribution in [0.4, 0.5) is 0 Å². The molecule has 0 amide bonds. The molecule has 2 spiro atoms. The number of benzene rings is 1. The van der Waals surface area contributed by atoms with Crippen LogP contribution in [0.25, 0.3) is 0 Å². The molecule has 128 valence electrons. The van der Waals surface area contributed by atoms with Gasteiger partial charge in [0.2, 0.25) is 0 Å². The van der Waals surface area contributed by atoms with E-state index in [0.717, 1.165) is 19.4 Å². The molecule has 2 saturated heterocycles. The second-order valence-corrected chi connectivity index (χ2v) is 10.0. The van der Waals surface area contributed by atoms with Crippen molar-refractivity contribution in [2.45, 2.75) is 47.3 Å². The van der Waals surface area contributed by atoms with Crippen LogP contribution in [0.15, 0.2) is 24.3 Å². The molecule has 0 aromatic heterocycles. The zero-order valence-electron chi connectivity index (χ0n) is 14.3. The van der Waals surface area contributed by atoms with Gasteiger partial charge in [0.25, 0.3) is 0 Å². The summed E-state index contributed by atoms with van der Waals surface area (Å²) in [6, 6.07) is 6.80. The minimum Gasteiger partial charge on any atom is -0.504 e. The maximum atomic E-state index is 10.5. The lowest BCUT2D eigenvalue weighted by Gasteiger charge is -2.70. The number of rotatable bonds is 0. The monoisotopic (exact) mass is 352 g/mol. The molecule has 2 fully saturated rings. The van der Waals surface area contributed by atoms with Gasteiger partial charge in [-0.05, 0) is 45.0 Å². The number of phenols is 1. The lowest BCUT2D eigenvalue weighted by atomic mass is 9.43. The van der Waals surface area contributed by atoms with Crippen molar-refractivity contribution in [1.82, 2.24) is 4.90 Å². The van der Waals surface area contributed by atoms with Crippen molar-refractivity contribution in [1.29, 1.82) is 5.26 Å². The predicted molar refractivity (Wildman–Crippen MR) is 95.9 cm³/mol. The van der Waals surface area contributed by atoms with Gasteiger partial charge in [0.1, 0.15) is 11.4 Å². The molecule has 1 N–H and O–H groups in total. The number of hydrogen-bond donors (Lipinski definition) is 1. The number of piperidine rings is 1. The molecule has 6 atom stereocenters. The fourth-order valence-corrected chi connectivity index (χ4v) is 8.42. The van der Waals surface area contributed by atoms with Crippen LogP contribution in [-0.2, 0) is 11.8 Å². The summed E-state index contributed by atoms with van der Waals surface area (Å²) in [5.41, 5.74) is 2.07.